The van der Waals surface area contributed by atoms with E-state index >= 15 is 0 Å². The summed E-state index contributed by atoms with van der Waals surface area (Å²) in [6.07, 6.45) is 3.00. The third-order valence-corrected chi connectivity index (χ3v) is 1.90. The van der Waals surface area contributed by atoms with Crippen LogP contribution in [0.4, 0.5) is 5.82 Å². The van der Waals surface area contributed by atoms with E-state index in [-0.39, 0.29) is 0 Å². The molecule has 0 radical (unpaired) electrons. The highest BCUT2D eigenvalue weighted by Gasteiger charge is 2.00. The van der Waals surface area contributed by atoms with Gasteiger partial charge < -0.3 is 4.74 Å². The maximum Gasteiger partial charge on any atom is 0.192 e. The Morgan fingerprint density at radius 3 is 3.13 bits per heavy atom. The Balaban J connectivity index is 2.38. The summed E-state index contributed by atoms with van der Waals surface area (Å²) >= 11 is 0. The van der Waals surface area contributed by atoms with Gasteiger partial charge in [0.05, 0.1) is 13.3 Å². The molecular weight excluding hydrogens is 192 g/mol. The summed E-state index contributed by atoms with van der Waals surface area (Å²) in [7, 11) is 1.53. The van der Waals surface area contributed by atoms with Crippen molar-refractivity contribution in [2.24, 2.45) is 5.10 Å². The Hall–Kier alpha value is -2.17. The molecule has 1 N–H and O–H groups in total. The van der Waals surface area contributed by atoms with Crippen molar-refractivity contribution in [2.75, 3.05) is 12.5 Å². The number of methoxy groups -OCH3 is 1. The van der Waals surface area contributed by atoms with Crippen molar-refractivity contribution >= 4 is 23.0 Å². The van der Waals surface area contributed by atoms with Crippen molar-refractivity contribution in [3.63, 3.8) is 0 Å². The third-order valence-electron chi connectivity index (χ3n) is 1.90. The summed E-state index contributed by atoms with van der Waals surface area (Å²) in [6, 6.07) is 7.81. The second-order valence-electron chi connectivity index (χ2n) is 2.86. The molecule has 1 heterocycles. The number of nitrogens with one attached hydrogen (secondary N) is 1. The molecule has 5 heteroatoms. The minimum atomic E-state index is 0.612. The lowest BCUT2D eigenvalue weighted by molar-refractivity contribution is 0.422. The van der Waals surface area contributed by atoms with Crippen LogP contribution in [-0.2, 0) is 4.74 Å². The molecule has 0 saturated carbocycles. The molecule has 0 fully saturated rings. The van der Waals surface area contributed by atoms with E-state index in [1.807, 2.05) is 24.3 Å². The van der Waals surface area contributed by atoms with Gasteiger partial charge in [0.25, 0.3) is 0 Å². The SMILES string of the molecule is CO/C=N/Nc1nncc2ccccc12. The Kier molecular flexibility index (Phi) is 2.73. The van der Waals surface area contributed by atoms with Crippen LogP contribution in [-0.4, -0.2) is 23.7 Å². The van der Waals surface area contributed by atoms with Crippen LogP contribution in [0.5, 0.6) is 0 Å². The van der Waals surface area contributed by atoms with Gasteiger partial charge in [-0.1, -0.05) is 24.3 Å². The summed E-state index contributed by atoms with van der Waals surface area (Å²) < 4.78 is 4.67. The highest BCUT2D eigenvalue weighted by atomic mass is 16.5. The fraction of sp³-hybridized carbons (Fsp3) is 0.100. The Bertz CT molecular complexity index is 478. The maximum atomic E-state index is 4.67. The average Bonchev–Trinajstić information content (AvgIpc) is 2.30. The maximum absolute atomic E-state index is 4.67. The normalized spacial score (nSPS) is 10.7. The molecule has 0 saturated heterocycles. The van der Waals surface area contributed by atoms with Crippen LogP contribution in [0.3, 0.4) is 0 Å². The zero-order valence-corrected chi connectivity index (χ0v) is 8.21. The van der Waals surface area contributed by atoms with Gasteiger partial charge in [0.2, 0.25) is 0 Å². The fourth-order valence-electron chi connectivity index (χ4n) is 1.25. The van der Waals surface area contributed by atoms with E-state index in [2.05, 4.69) is 25.5 Å². The molecule has 5 nitrogen and oxygen atoms in total. The van der Waals surface area contributed by atoms with Gasteiger partial charge in [-0.3, -0.25) is 5.43 Å². The molecule has 2 aromatic rings. The first-order valence-electron chi connectivity index (χ1n) is 4.42. The number of ether oxygens (including phenoxy) is 1. The summed E-state index contributed by atoms with van der Waals surface area (Å²) in [6.45, 7) is 0. The highest BCUT2D eigenvalue weighted by Crippen LogP contribution is 2.18. The average molecular weight is 202 g/mol. The second kappa shape index (κ2) is 4.36. The third kappa shape index (κ3) is 2.01. The van der Waals surface area contributed by atoms with Crippen molar-refractivity contribution in [1.82, 2.24) is 10.2 Å². The van der Waals surface area contributed by atoms with Crippen LogP contribution in [0.1, 0.15) is 0 Å². The summed E-state index contributed by atoms with van der Waals surface area (Å²) in [4.78, 5) is 0. The minimum Gasteiger partial charge on any atom is -0.485 e. The number of fused-ring (bicyclic) bond motifs is 1. The fourth-order valence-corrected chi connectivity index (χ4v) is 1.25. The number of hydrogen-bond donors (Lipinski definition) is 1. The van der Waals surface area contributed by atoms with Crippen LogP contribution in [0, 0.1) is 0 Å². The number of benzene rings is 1. The van der Waals surface area contributed by atoms with Gasteiger partial charge in [-0.25, -0.2) is 0 Å². The quantitative estimate of drug-likeness (QED) is 0.467. The smallest absolute Gasteiger partial charge is 0.192 e. The molecule has 76 valence electrons. The first kappa shape index (κ1) is 9.39. The molecule has 0 aliphatic heterocycles. The van der Waals surface area contributed by atoms with Gasteiger partial charge in [-0.2, -0.15) is 5.10 Å². The number of anilines is 1. The molecule has 0 atom stereocenters. The lowest BCUT2D eigenvalue weighted by atomic mass is 10.2. The second-order valence-corrected chi connectivity index (χ2v) is 2.86. The topological polar surface area (TPSA) is 59.4 Å². The Labute approximate surface area is 86.8 Å². The first-order chi connectivity index (χ1) is 7.42. The van der Waals surface area contributed by atoms with Gasteiger partial charge >= 0.3 is 0 Å². The molecule has 0 amide bonds. The predicted octanol–water partition coefficient (Wildman–Crippen LogP) is 1.63. The van der Waals surface area contributed by atoms with Crippen LogP contribution in [0.15, 0.2) is 35.6 Å². The zero-order chi connectivity index (χ0) is 10.5. The van der Waals surface area contributed by atoms with Gasteiger partial charge in [-0.15, -0.1) is 10.2 Å². The first-order valence-corrected chi connectivity index (χ1v) is 4.42. The van der Waals surface area contributed by atoms with Crippen LogP contribution in [0.2, 0.25) is 0 Å². The van der Waals surface area contributed by atoms with Crippen molar-refractivity contribution in [1.29, 1.82) is 0 Å². The molecule has 0 aliphatic carbocycles. The van der Waals surface area contributed by atoms with Crippen molar-refractivity contribution < 1.29 is 4.74 Å². The zero-order valence-electron chi connectivity index (χ0n) is 8.21. The van der Waals surface area contributed by atoms with E-state index in [0.29, 0.717) is 5.82 Å². The molecular formula is C10H10N4O. The molecule has 0 unspecified atom stereocenters. The van der Waals surface area contributed by atoms with Gasteiger partial charge in [0.15, 0.2) is 12.2 Å². The lowest BCUT2D eigenvalue weighted by Crippen LogP contribution is -1.96. The van der Waals surface area contributed by atoms with E-state index in [4.69, 9.17) is 0 Å². The molecule has 0 aliphatic rings. The van der Waals surface area contributed by atoms with Crippen molar-refractivity contribution in [3.8, 4) is 0 Å². The number of nitrogens with zero attached hydrogens (tertiary/aromatic N) is 3. The molecule has 0 bridgehead atoms. The van der Waals surface area contributed by atoms with Gasteiger partial charge in [0.1, 0.15) is 0 Å². The largest absolute Gasteiger partial charge is 0.485 e. The minimum absolute atomic E-state index is 0.612. The summed E-state index contributed by atoms with van der Waals surface area (Å²) in [5, 5.41) is 13.6. The van der Waals surface area contributed by atoms with E-state index in [1.165, 1.54) is 13.5 Å². The molecule has 2 rings (SSSR count). The predicted molar refractivity (Wildman–Crippen MR) is 58.7 cm³/mol. The van der Waals surface area contributed by atoms with E-state index < -0.39 is 0 Å². The Morgan fingerprint density at radius 2 is 2.27 bits per heavy atom. The Morgan fingerprint density at radius 1 is 1.40 bits per heavy atom. The number of hydrazone groups is 1. The van der Waals surface area contributed by atoms with E-state index in [9.17, 15) is 0 Å². The van der Waals surface area contributed by atoms with Crippen molar-refractivity contribution in [2.45, 2.75) is 0 Å². The van der Waals surface area contributed by atoms with Crippen LogP contribution < -0.4 is 5.43 Å². The van der Waals surface area contributed by atoms with Gasteiger partial charge in [-0.05, 0) is 0 Å². The monoisotopic (exact) mass is 202 g/mol. The molecule has 1 aromatic heterocycles. The highest BCUT2D eigenvalue weighted by molar-refractivity contribution is 5.90. The van der Waals surface area contributed by atoms with Crippen LogP contribution in [0.25, 0.3) is 10.8 Å². The number of rotatable bonds is 3. The van der Waals surface area contributed by atoms with Crippen LogP contribution >= 0.6 is 0 Å². The lowest BCUT2D eigenvalue weighted by Gasteiger charge is -2.02. The molecule has 1 aromatic carbocycles. The van der Waals surface area contributed by atoms with Gasteiger partial charge in [0, 0.05) is 10.8 Å². The van der Waals surface area contributed by atoms with E-state index in [0.717, 1.165) is 10.8 Å². The molecule has 0 spiro atoms. The summed E-state index contributed by atoms with van der Waals surface area (Å²) in [5.74, 6) is 0.612. The number of hydrogen-bond acceptors (Lipinski definition) is 5. The van der Waals surface area contributed by atoms with E-state index in [1.54, 1.807) is 6.20 Å². The summed E-state index contributed by atoms with van der Waals surface area (Å²) in [5.41, 5.74) is 2.76. The molecule has 15 heavy (non-hydrogen) atoms. The number of aromatic nitrogens is 2. The standard InChI is InChI=1S/C10H10N4O/c1-15-7-12-14-10-9-5-3-2-4-8(9)6-11-13-10/h2-7H,1H3,(H,13,14)/b12-7+. The van der Waals surface area contributed by atoms with Crippen molar-refractivity contribution in [3.05, 3.63) is 30.5 Å².